The Kier molecular flexibility index (Phi) is 6.44. The number of nitrogens with zero attached hydrogens (tertiary/aromatic N) is 3. The van der Waals surface area contributed by atoms with Gasteiger partial charge in [-0.15, -0.1) is 0 Å². The number of likely N-dealkylation sites (N-methyl/N-ethyl adjacent to an activating group) is 1. The molecule has 0 bridgehead atoms. The summed E-state index contributed by atoms with van der Waals surface area (Å²) in [5.41, 5.74) is 1.66. The molecule has 7 nitrogen and oxygen atoms in total. The smallest absolute Gasteiger partial charge is 0.245 e. The number of hydrogen-bond acceptors (Lipinski definition) is 5. The Bertz CT molecular complexity index is 941. The maximum Gasteiger partial charge on any atom is 0.245 e. The number of rotatable bonds is 6. The van der Waals surface area contributed by atoms with Gasteiger partial charge in [0.15, 0.2) is 0 Å². The molecule has 3 rings (SSSR count). The van der Waals surface area contributed by atoms with Crippen molar-refractivity contribution in [2.45, 2.75) is 6.04 Å². The van der Waals surface area contributed by atoms with Crippen LogP contribution in [0.4, 0.5) is 5.69 Å². The fourth-order valence-electron chi connectivity index (χ4n) is 3.57. The zero-order chi connectivity index (χ0) is 21.0. The van der Waals surface area contributed by atoms with Gasteiger partial charge in [0, 0.05) is 33.2 Å². The lowest BCUT2D eigenvalue weighted by molar-refractivity contribution is -0.135. The zero-order valence-electron chi connectivity index (χ0n) is 17.0. The number of carbonyl (C=O) groups excluding carboxylic acids is 1. The average Bonchev–Trinajstić information content (AvgIpc) is 2.74. The standard InChI is InChI=1S/C21H27N3O4S/c1-22(29(3,26)27)20(17-9-5-4-6-10-17)21(25)24-15-13-23(14-16-24)18-11-7-8-12-19(18)28-2/h4-12,20H,13-16H2,1-3H3/t20-/m1/s1. The van der Waals surface area contributed by atoms with Gasteiger partial charge in [0.2, 0.25) is 15.9 Å². The molecule has 1 saturated heterocycles. The summed E-state index contributed by atoms with van der Waals surface area (Å²) in [4.78, 5) is 17.3. The molecule has 0 saturated carbocycles. The molecule has 1 fully saturated rings. The van der Waals surface area contributed by atoms with E-state index in [2.05, 4.69) is 4.90 Å². The molecule has 2 aromatic carbocycles. The number of amides is 1. The molecule has 0 radical (unpaired) electrons. The van der Waals surface area contributed by atoms with E-state index in [9.17, 15) is 13.2 Å². The third kappa shape index (κ3) is 4.71. The largest absolute Gasteiger partial charge is 0.495 e. The lowest BCUT2D eigenvalue weighted by Crippen LogP contribution is -2.52. The maximum atomic E-state index is 13.3. The summed E-state index contributed by atoms with van der Waals surface area (Å²) in [6, 6.07) is 16.0. The minimum Gasteiger partial charge on any atom is -0.495 e. The highest BCUT2D eigenvalue weighted by Crippen LogP contribution is 2.30. The Hall–Kier alpha value is -2.58. The summed E-state index contributed by atoms with van der Waals surface area (Å²) < 4.78 is 30.9. The molecule has 1 amide bonds. The molecule has 29 heavy (non-hydrogen) atoms. The van der Waals surface area contributed by atoms with Crippen LogP contribution >= 0.6 is 0 Å². The van der Waals surface area contributed by atoms with Gasteiger partial charge in [-0.25, -0.2) is 8.42 Å². The SMILES string of the molecule is COc1ccccc1N1CCN(C(=O)[C@@H](c2ccccc2)N(C)S(C)(=O)=O)CC1. The van der Waals surface area contributed by atoms with Crippen molar-refractivity contribution in [3.63, 3.8) is 0 Å². The van der Waals surface area contributed by atoms with Crippen LogP contribution in [0.3, 0.4) is 0 Å². The summed E-state index contributed by atoms with van der Waals surface area (Å²) in [6.45, 7) is 2.32. The van der Waals surface area contributed by atoms with Crippen molar-refractivity contribution in [2.24, 2.45) is 0 Å². The second kappa shape index (κ2) is 8.84. The van der Waals surface area contributed by atoms with Crippen LogP contribution < -0.4 is 9.64 Å². The topological polar surface area (TPSA) is 70.2 Å². The van der Waals surface area contributed by atoms with Crippen LogP contribution in [0.25, 0.3) is 0 Å². The summed E-state index contributed by atoms with van der Waals surface area (Å²) in [6.07, 6.45) is 1.12. The molecule has 0 N–H and O–H groups in total. The fourth-order valence-corrected chi connectivity index (χ4v) is 4.16. The van der Waals surface area contributed by atoms with Crippen LogP contribution in [0.15, 0.2) is 54.6 Å². The minimum absolute atomic E-state index is 0.205. The van der Waals surface area contributed by atoms with E-state index in [1.165, 1.54) is 7.05 Å². The Morgan fingerprint density at radius 3 is 2.17 bits per heavy atom. The molecule has 8 heteroatoms. The number of piperazine rings is 1. The molecule has 0 aromatic heterocycles. The molecule has 156 valence electrons. The minimum atomic E-state index is -3.54. The van der Waals surface area contributed by atoms with Gasteiger partial charge in [-0.05, 0) is 17.7 Å². The number of hydrogen-bond donors (Lipinski definition) is 0. The van der Waals surface area contributed by atoms with E-state index in [0.717, 1.165) is 22.0 Å². The van der Waals surface area contributed by atoms with Crippen LogP contribution in [0, 0.1) is 0 Å². The first-order chi connectivity index (χ1) is 13.8. The lowest BCUT2D eigenvalue weighted by atomic mass is 10.1. The first kappa shape index (κ1) is 21.1. The van der Waals surface area contributed by atoms with E-state index in [1.54, 1.807) is 24.1 Å². The van der Waals surface area contributed by atoms with Crippen molar-refractivity contribution in [1.82, 2.24) is 9.21 Å². The van der Waals surface area contributed by atoms with Crippen molar-refractivity contribution in [1.29, 1.82) is 0 Å². The molecule has 0 aliphatic carbocycles. The molecule has 0 unspecified atom stereocenters. The van der Waals surface area contributed by atoms with Crippen LogP contribution in [-0.2, 0) is 14.8 Å². The Balaban J connectivity index is 1.78. The number of sulfonamides is 1. The van der Waals surface area contributed by atoms with Gasteiger partial charge in [-0.3, -0.25) is 4.79 Å². The van der Waals surface area contributed by atoms with Crippen molar-refractivity contribution < 1.29 is 17.9 Å². The molecule has 1 heterocycles. The second-order valence-electron chi connectivity index (χ2n) is 7.08. The first-order valence-electron chi connectivity index (χ1n) is 9.47. The molecular formula is C21H27N3O4S. The van der Waals surface area contributed by atoms with Crippen molar-refractivity contribution in [2.75, 3.05) is 51.5 Å². The van der Waals surface area contributed by atoms with E-state index in [0.29, 0.717) is 31.7 Å². The summed E-state index contributed by atoms with van der Waals surface area (Å²) >= 11 is 0. The monoisotopic (exact) mass is 417 g/mol. The van der Waals surface area contributed by atoms with E-state index < -0.39 is 16.1 Å². The van der Waals surface area contributed by atoms with Gasteiger partial charge in [0.05, 0.1) is 19.1 Å². The third-order valence-electron chi connectivity index (χ3n) is 5.25. The number of anilines is 1. The zero-order valence-corrected chi connectivity index (χ0v) is 17.8. The number of para-hydroxylation sites is 2. The van der Waals surface area contributed by atoms with Gasteiger partial charge < -0.3 is 14.5 Å². The molecule has 1 aliphatic heterocycles. The van der Waals surface area contributed by atoms with Crippen LogP contribution in [0.1, 0.15) is 11.6 Å². The van der Waals surface area contributed by atoms with Gasteiger partial charge in [-0.2, -0.15) is 4.31 Å². The van der Waals surface area contributed by atoms with Gasteiger partial charge in [0.25, 0.3) is 0 Å². The van der Waals surface area contributed by atoms with E-state index in [4.69, 9.17) is 4.74 Å². The highest BCUT2D eigenvalue weighted by atomic mass is 32.2. The molecule has 1 atom stereocenters. The van der Waals surface area contributed by atoms with Crippen LogP contribution in [-0.4, -0.2) is 70.1 Å². The predicted octanol–water partition coefficient (Wildman–Crippen LogP) is 1.98. The lowest BCUT2D eigenvalue weighted by Gasteiger charge is -2.39. The van der Waals surface area contributed by atoms with E-state index in [-0.39, 0.29) is 5.91 Å². The Morgan fingerprint density at radius 2 is 1.59 bits per heavy atom. The Morgan fingerprint density at radius 1 is 1.00 bits per heavy atom. The number of ether oxygens (including phenoxy) is 1. The molecule has 2 aromatic rings. The highest BCUT2D eigenvalue weighted by Gasteiger charge is 2.35. The number of benzene rings is 2. The summed E-state index contributed by atoms with van der Waals surface area (Å²) in [5, 5.41) is 0. The first-order valence-corrected chi connectivity index (χ1v) is 11.3. The van der Waals surface area contributed by atoms with Gasteiger partial charge >= 0.3 is 0 Å². The van der Waals surface area contributed by atoms with Gasteiger partial charge in [0.1, 0.15) is 11.8 Å². The average molecular weight is 418 g/mol. The quantitative estimate of drug-likeness (QED) is 0.719. The molecule has 0 spiro atoms. The van der Waals surface area contributed by atoms with Crippen molar-refractivity contribution in [3.05, 3.63) is 60.2 Å². The van der Waals surface area contributed by atoms with Gasteiger partial charge in [-0.1, -0.05) is 42.5 Å². The highest BCUT2D eigenvalue weighted by molar-refractivity contribution is 7.88. The normalized spacial score (nSPS) is 16.0. The van der Waals surface area contributed by atoms with E-state index in [1.807, 2.05) is 42.5 Å². The third-order valence-corrected chi connectivity index (χ3v) is 6.51. The summed E-state index contributed by atoms with van der Waals surface area (Å²) in [5.74, 6) is 0.593. The van der Waals surface area contributed by atoms with Crippen LogP contribution in [0.5, 0.6) is 5.75 Å². The number of carbonyl (C=O) groups is 1. The summed E-state index contributed by atoms with van der Waals surface area (Å²) in [7, 11) is -0.440. The second-order valence-corrected chi connectivity index (χ2v) is 9.12. The van der Waals surface area contributed by atoms with Crippen molar-refractivity contribution >= 4 is 21.6 Å². The Labute approximate surface area is 172 Å². The predicted molar refractivity (Wildman–Crippen MR) is 114 cm³/mol. The van der Waals surface area contributed by atoms with Crippen molar-refractivity contribution in [3.8, 4) is 5.75 Å². The fraction of sp³-hybridized carbons (Fsp3) is 0.381. The number of methoxy groups -OCH3 is 1. The van der Waals surface area contributed by atoms with E-state index >= 15 is 0 Å². The maximum absolute atomic E-state index is 13.3. The molecule has 1 aliphatic rings. The van der Waals surface area contributed by atoms with Crippen LogP contribution in [0.2, 0.25) is 0 Å². The molecular weight excluding hydrogens is 390 g/mol.